The summed E-state index contributed by atoms with van der Waals surface area (Å²) < 4.78 is 31.8. The molecule has 0 spiro atoms. The summed E-state index contributed by atoms with van der Waals surface area (Å²) in [6.45, 7) is 5.10. The number of benzene rings is 1. The smallest absolute Gasteiger partial charge is 0.240 e. The molecular weight excluding hydrogens is 340 g/mol. The summed E-state index contributed by atoms with van der Waals surface area (Å²) in [7, 11) is -0.256. The van der Waals surface area contributed by atoms with E-state index < -0.39 is 10.0 Å². The highest BCUT2D eigenvalue weighted by Gasteiger charge is 2.21. The number of sulfonamides is 1. The van der Waals surface area contributed by atoms with Crippen molar-refractivity contribution in [1.82, 2.24) is 14.9 Å². The molecule has 0 bridgehead atoms. The highest BCUT2D eigenvalue weighted by molar-refractivity contribution is 7.89. The summed E-state index contributed by atoms with van der Waals surface area (Å²) >= 11 is 0. The van der Waals surface area contributed by atoms with Gasteiger partial charge in [-0.1, -0.05) is 12.1 Å². The first kappa shape index (κ1) is 19.7. The molecule has 1 fully saturated rings. The number of aliphatic imine (C=N–C) groups is 1. The van der Waals surface area contributed by atoms with Gasteiger partial charge in [0.1, 0.15) is 0 Å². The zero-order chi connectivity index (χ0) is 18.3. The molecular formula is C17H28N4O3S. The maximum Gasteiger partial charge on any atom is 0.240 e. The third-order valence-electron chi connectivity index (χ3n) is 4.28. The Labute approximate surface area is 150 Å². The van der Waals surface area contributed by atoms with E-state index in [4.69, 9.17) is 4.74 Å². The summed E-state index contributed by atoms with van der Waals surface area (Å²) in [5.74, 6) is 0.830. The Balaban J connectivity index is 1.95. The van der Waals surface area contributed by atoms with Crippen molar-refractivity contribution in [2.75, 3.05) is 33.8 Å². The molecule has 1 aromatic rings. The number of hydrogen-bond donors (Lipinski definition) is 2. The second-order valence-corrected chi connectivity index (χ2v) is 7.78. The molecule has 2 rings (SSSR count). The van der Waals surface area contributed by atoms with Gasteiger partial charge in [0.05, 0.1) is 11.0 Å². The summed E-state index contributed by atoms with van der Waals surface area (Å²) in [6, 6.07) is 6.91. The van der Waals surface area contributed by atoms with Crippen molar-refractivity contribution in [1.29, 1.82) is 0 Å². The zero-order valence-electron chi connectivity index (χ0n) is 15.2. The van der Waals surface area contributed by atoms with E-state index in [0.29, 0.717) is 12.6 Å². The molecule has 1 heterocycles. The van der Waals surface area contributed by atoms with Crippen LogP contribution in [-0.4, -0.2) is 59.2 Å². The molecule has 0 saturated carbocycles. The molecule has 0 radical (unpaired) electrons. The zero-order valence-corrected chi connectivity index (χ0v) is 16.0. The predicted octanol–water partition coefficient (Wildman–Crippen LogP) is 1.17. The van der Waals surface area contributed by atoms with Gasteiger partial charge < -0.3 is 15.0 Å². The molecule has 140 valence electrons. The minimum absolute atomic E-state index is 0.266. The lowest BCUT2D eigenvalue weighted by Gasteiger charge is -2.34. The van der Waals surface area contributed by atoms with E-state index in [1.165, 1.54) is 7.05 Å². The first-order valence-corrected chi connectivity index (χ1v) is 10.1. The number of likely N-dealkylation sites (tertiary alicyclic amines) is 1. The van der Waals surface area contributed by atoms with Crippen LogP contribution in [-0.2, 0) is 21.3 Å². The normalized spacial score (nSPS) is 16.9. The third kappa shape index (κ3) is 5.42. The maximum absolute atomic E-state index is 11.9. The van der Waals surface area contributed by atoms with Crippen molar-refractivity contribution in [2.24, 2.45) is 4.99 Å². The molecule has 0 amide bonds. The standard InChI is InChI=1S/C17H28N4O3S/c1-4-24-15-8-10-21(11-9-15)17(18-2)20-13-14-6-5-7-16(12-14)25(22,23)19-3/h5-7,12,15,19H,4,8-11,13H2,1-3H3,(H,18,20). The second-order valence-electron chi connectivity index (χ2n) is 5.90. The first-order valence-electron chi connectivity index (χ1n) is 8.59. The quantitative estimate of drug-likeness (QED) is 0.582. The maximum atomic E-state index is 11.9. The lowest BCUT2D eigenvalue weighted by molar-refractivity contribution is 0.0263. The van der Waals surface area contributed by atoms with Crippen molar-refractivity contribution in [2.45, 2.75) is 37.3 Å². The average Bonchev–Trinajstić information content (AvgIpc) is 2.64. The SMILES string of the molecule is CCOC1CCN(C(=NC)NCc2cccc(S(=O)(=O)NC)c2)CC1. The van der Waals surface area contributed by atoms with Crippen LogP contribution in [0.4, 0.5) is 0 Å². The molecule has 2 N–H and O–H groups in total. The van der Waals surface area contributed by atoms with E-state index in [1.807, 2.05) is 13.0 Å². The Kier molecular flexibility index (Phi) is 7.22. The lowest BCUT2D eigenvalue weighted by Crippen LogP contribution is -2.46. The van der Waals surface area contributed by atoms with Crippen molar-refractivity contribution >= 4 is 16.0 Å². The van der Waals surface area contributed by atoms with Crippen molar-refractivity contribution < 1.29 is 13.2 Å². The molecule has 1 aromatic carbocycles. The van der Waals surface area contributed by atoms with E-state index in [2.05, 4.69) is 19.9 Å². The minimum Gasteiger partial charge on any atom is -0.378 e. The van der Waals surface area contributed by atoms with E-state index in [-0.39, 0.29) is 4.90 Å². The van der Waals surface area contributed by atoms with Crippen LogP contribution in [0.2, 0.25) is 0 Å². The van der Waals surface area contributed by atoms with Gasteiger partial charge in [-0.05, 0) is 44.5 Å². The molecule has 8 heteroatoms. The molecule has 1 saturated heterocycles. The van der Waals surface area contributed by atoms with Gasteiger partial charge in [-0.25, -0.2) is 13.1 Å². The monoisotopic (exact) mass is 368 g/mol. The highest BCUT2D eigenvalue weighted by atomic mass is 32.2. The molecule has 0 aromatic heterocycles. The van der Waals surface area contributed by atoms with Crippen molar-refractivity contribution in [3.8, 4) is 0 Å². The largest absolute Gasteiger partial charge is 0.378 e. The molecule has 25 heavy (non-hydrogen) atoms. The molecule has 1 aliphatic rings. The van der Waals surface area contributed by atoms with Gasteiger partial charge in [0.15, 0.2) is 5.96 Å². The fourth-order valence-electron chi connectivity index (χ4n) is 2.92. The number of ether oxygens (including phenoxy) is 1. The molecule has 1 aliphatic heterocycles. The van der Waals surface area contributed by atoms with E-state index >= 15 is 0 Å². The topological polar surface area (TPSA) is 83.0 Å². The van der Waals surface area contributed by atoms with Crippen molar-refractivity contribution in [3.63, 3.8) is 0 Å². The number of hydrogen-bond acceptors (Lipinski definition) is 4. The molecule has 0 aliphatic carbocycles. The second kappa shape index (κ2) is 9.17. The van der Waals surface area contributed by atoms with Crippen LogP contribution in [0.1, 0.15) is 25.3 Å². The Morgan fingerprint density at radius 1 is 1.36 bits per heavy atom. The van der Waals surface area contributed by atoms with Crippen LogP contribution in [0.5, 0.6) is 0 Å². The molecule has 7 nitrogen and oxygen atoms in total. The minimum atomic E-state index is -3.43. The summed E-state index contributed by atoms with van der Waals surface area (Å²) in [5.41, 5.74) is 0.890. The summed E-state index contributed by atoms with van der Waals surface area (Å²) in [4.78, 5) is 6.82. The first-order chi connectivity index (χ1) is 12.0. The summed E-state index contributed by atoms with van der Waals surface area (Å²) in [6.07, 6.45) is 2.32. The fraction of sp³-hybridized carbons (Fsp3) is 0.588. The van der Waals surface area contributed by atoms with Gasteiger partial charge in [0.25, 0.3) is 0 Å². The molecule has 0 unspecified atom stereocenters. The number of nitrogens with one attached hydrogen (secondary N) is 2. The average molecular weight is 369 g/mol. The van der Waals surface area contributed by atoms with Gasteiger partial charge >= 0.3 is 0 Å². The third-order valence-corrected chi connectivity index (χ3v) is 5.70. The summed E-state index contributed by atoms with van der Waals surface area (Å²) in [5, 5.41) is 3.32. The van der Waals surface area contributed by atoms with Gasteiger partial charge in [-0.2, -0.15) is 0 Å². The van der Waals surface area contributed by atoms with Crippen LogP contribution >= 0.6 is 0 Å². The van der Waals surface area contributed by atoms with Gasteiger partial charge in [0, 0.05) is 33.3 Å². The highest BCUT2D eigenvalue weighted by Crippen LogP contribution is 2.14. The van der Waals surface area contributed by atoms with E-state index in [9.17, 15) is 8.42 Å². The lowest BCUT2D eigenvalue weighted by atomic mass is 10.1. The Morgan fingerprint density at radius 2 is 2.08 bits per heavy atom. The Bertz CT molecular complexity index is 683. The predicted molar refractivity (Wildman–Crippen MR) is 99.1 cm³/mol. The van der Waals surface area contributed by atoms with Gasteiger partial charge in [-0.3, -0.25) is 4.99 Å². The fourth-order valence-corrected chi connectivity index (χ4v) is 3.72. The van der Waals surface area contributed by atoms with Gasteiger partial charge in [0.2, 0.25) is 10.0 Å². The van der Waals surface area contributed by atoms with Crippen LogP contribution in [0, 0.1) is 0 Å². The van der Waals surface area contributed by atoms with Crippen LogP contribution < -0.4 is 10.0 Å². The molecule has 0 atom stereocenters. The van der Waals surface area contributed by atoms with Crippen LogP contribution in [0.25, 0.3) is 0 Å². The number of nitrogens with zero attached hydrogens (tertiary/aromatic N) is 2. The number of rotatable bonds is 6. The van der Waals surface area contributed by atoms with E-state index in [0.717, 1.165) is 44.1 Å². The van der Waals surface area contributed by atoms with Crippen LogP contribution in [0.15, 0.2) is 34.2 Å². The Morgan fingerprint density at radius 3 is 2.68 bits per heavy atom. The Hall–Kier alpha value is -1.64. The number of guanidine groups is 1. The van der Waals surface area contributed by atoms with Gasteiger partial charge in [-0.15, -0.1) is 0 Å². The van der Waals surface area contributed by atoms with E-state index in [1.54, 1.807) is 25.2 Å². The van der Waals surface area contributed by atoms with Crippen molar-refractivity contribution in [3.05, 3.63) is 29.8 Å². The van der Waals surface area contributed by atoms with Crippen LogP contribution in [0.3, 0.4) is 0 Å². The number of piperidine rings is 1.